The lowest BCUT2D eigenvalue weighted by Crippen LogP contribution is -2.47. The Bertz CT molecular complexity index is 1070. The molecule has 2 aromatic heterocycles. The lowest BCUT2D eigenvalue weighted by molar-refractivity contribution is -0.671. The van der Waals surface area contributed by atoms with Crippen LogP contribution in [0.2, 0.25) is 0 Å². The number of rotatable bonds is 6. The van der Waals surface area contributed by atoms with Crippen molar-refractivity contribution in [1.29, 1.82) is 0 Å². The monoisotopic (exact) mass is 436 g/mol. The highest BCUT2D eigenvalue weighted by Gasteiger charge is 2.25. The molecule has 2 heterocycles. The van der Waals surface area contributed by atoms with E-state index in [0.717, 1.165) is 16.8 Å². The van der Waals surface area contributed by atoms with E-state index in [1.54, 1.807) is 38.6 Å². The smallest absolute Gasteiger partial charge is 0.408 e. The molecule has 1 atom stereocenters. The number of amides is 2. The van der Waals surface area contributed by atoms with Crippen LogP contribution < -0.4 is 15.2 Å². The molecule has 0 saturated carbocycles. The van der Waals surface area contributed by atoms with Crippen LogP contribution >= 0.6 is 0 Å². The van der Waals surface area contributed by atoms with E-state index in [1.165, 1.54) is 0 Å². The zero-order valence-corrected chi connectivity index (χ0v) is 19.1. The molecule has 0 radical (unpaired) electrons. The van der Waals surface area contributed by atoms with Crippen LogP contribution in [0.15, 0.2) is 60.9 Å². The number of aryl methyl sites for hydroxylation is 2. The van der Waals surface area contributed by atoms with E-state index < -0.39 is 17.7 Å². The summed E-state index contributed by atoms with van der Waals surface area (Å²) in [5.41, 5.74) is 1.93. The Balaban J connectivity index is 1.78. The largest absolute Gasteiger partial charge is 0.444 e. The minimum atomic E-state index is -0.818. The van der Waals surface area contributed by atoms with E-state index in [2.05, 4.69) is 15.7 Å². The molecule has 8 nitrogen and oxygen atoms in total. The van der Waals surface area contributed by atoms with Gasteiger partial charge in [0.2, 0.25) is 5.91 Å². The fourth-order valence-corrected chi connectivity index (χ4v) is 3.12. The summed E-state index contributed by atoms with van der Waals surface area (Å²) in [6.07, 6.45) is 3.55. The lowest BCUT2D eigenvalue weighted by atomic mass is 10.1. The fraction of sp³-hybridized carbons (Fsp3) is 0.333. The second kappa shape index (κ2) is 9.64. The van der Waals surface area contributed by atoms with Crippen LogP contribution in [0.1, 0.15) is 26.3 Å². The predicted molar refractivity (Wildman–Crippen MR) is 122 cm³/mol. The Morgan fingerprint density at radius 2 is 1.78 bits per heavy atom. The van der Waals surface area contributed by atoms with Gasteiger partial charge in [0.15, 0.2) is 12.4 Å². The molecule has 8 heteroatoms. The standard InChI is InChI=1S/C24H29N5O3/c1-24(2,3)32-23(31)25-20(15-17-9-7-6-8-10-17)22(30)26-21-16-19(27-29(21)5)18-11-13-28(4)14-12-18/h6-14,16,20H,15H2,1-5H3,(H-,25,26,27,30,31)/p+1. The van der Waals surface area contributed by atoms with Crippen molar-refractivity contribution in [3.8, 4) is 11.3 Å². The van der Waals surface area contributed by atoms with Gasteiger partial charge in [0.25, 0.3) is 0 Å². The number of benzene rings is 1. The number of alkyl carbamates (subject to hydrolysis) is 1. The zero-order chi connectivity index (χ0) is 23.3. The van der Waals surface area contributed by atoms with Crippen molar-refractivity contribution in [2.24, 2.45) is 14.1 Å². The topological polar surface area (TPSA) is 89.1 Å². The molecule has 1 aromatic carbocycles. The first-order valence-corrected chi connectivity index (χ1v) is 10.4. The first-order chi connectivity index (χ1) is 15.1. The summed E-state index contributed by atoms with van der Waals surface area (Å²) >= 11 is 0. The summed E-state index contributed by atoms with van der Waals surface area (Å²) < 4.78 is 8.89. The third-order valence-corrected chi connectivity index (χ3v) is 4.70. The van der Waals surface area contributed by atoms with Crippen LogP contribution in [0, 0.1) is 0 Å². The highest BCUT2D eigenvalue weighted by molar-refractivity contribution is 5.96. The Morgan fingerprint density at radius 3 is 2.41 bits per heavy atom. The molecule has 0 aliphatic heterocycles. The number of nitrogens with one attached hydrogen (secondary N) is 2. The number of anilines is 1. The second-order valence-electron chi connectivity index (χ2n) is 8.67. The van der Waals surface area contributed by atoms with Crippen LogP contribution in [0.25, 0.3) is 11.3 Å². The number of pyridine rings is 1. The maximum Gasteiger partial charge on any atom is 0.408 e. The summed E-state index contributed by atoms with van der Waals surface area (Å²) in [7, 11) is 3.70. The first kappa shape index (κ1) is 23.0. The number of carbonyl (C=O) groups is 2. The molecule has 0 saturated heterocycles. The summed E-state index contributed by atoms with van der Waals surface area (Å²) in [6, 6.07) is 14.4. The zero-order valence-electron chi connectivity index (χ0n) is 19.1. The average Bonchev–Trinajstić information content (AvgIpc) is 3.07. The predicted octanol–water partition coefficient (Wildman–Crippen LogP) is 2.99. The SMILES string of the molecule is Cn1nc(-c2cc[n+](C)cc2)cc1NC(=O)C(Cc1ccccc1)NC(=O)OC(C)(C)C. The summed E-state index contributed by atoms with van der Waals surface area (Å²) in [5, 5.41) is 10.1. The molecular formula is C24H30N5O3+. The lowest BCUT2D eigenvalue weighted by Gasteiger charge is -2.23. The molecule has 2 amide bonds. The summed E-state index contributed by atoms with van der Waals surface area (Å²) in [5.74, 6) is 0.177. The van der Waals surface area contributed by atoms with Gasteiger partial charge in [-0.1, -0.05) is 30.3 Å². The van der Waals surface area contributed by atoms with Crippen LogP contribution in [-0.2, 0) is 30.0 Å². The number of ether oxygens (including phenoxy) is 1. The van der Waals surface area contributed by atoms with E-state index >= 15 is 0 Å². The van der Waals surface area contributed by atoms with E-state index in [0.29, 0.717) is 12.2 Å². The van der Waals surface area contributed by atoms with Gasteiger partial charge in [0, 0.05) is 37.2 Å². The van der Waals surface area contributed by atoms with Gasteiger partial charge in [-0.05, 0) is 26.3 Å². The summed E-state index contributed by atoms with van der Waals surface area (Å²) in [4.78, 5) is 25.5. The van der Waals surface area contributed by atoms with E-state index in [9.17, 15) is 9.59 Å². The molecule has 0 aliphatic rings. The minimum absolute atomic E-state index is 0.325. The number of nitrogens with zero attached hydrogens (tertiary/aromatic N) is 3. The Labute approximate surface area is 188 Å². The molecule has 1 unspecified atom stereocenters. The highest BCUT2D eigenvalue weighted by Crippen LogP contribution is 2.20. The van der Waals surface area contributed by atoms with Gasteiger partial charge in [-0.15, -0.1) is 0 Å². The first-order valence-electron chi connectivity index (χ1n) is 10.4. The second-order valence-corrected chi connectivity index (χ2v) is 8.67. The van der Waals surface area contributed by atoms with E-state index in [1.807, 2.05) is 66.5 Å². The highest BCUT2D eigenvalue weighted by atomic mass is 16.6. The molecule has 168 valence electrons. The Kier molecular flexibility index (Phi) is 6.92. The van der Waals surface area contributed by atoms with Crippen molar-refractivity contribution in [3.63, 3.8) is 0 Å². The van der Waals surface area contributed by atoms with Crippen molar-refractivity contribution in [1.82, 2.24) is 15.1 Å². The maximum absolute atomic E-state index is 13.1. The number of carbonyl (C=O) groups excluding carboxylic acids is 2. The molecule has 0 aliphatic carbocycles. The fourth-order valence-electron chi connectivity index (χ4n) is 3.12. The Morgan fingerprint density at radius 1 is 1.12 bits per heavy atom. The van der Waals surface area contributed by atoms with Gasteiger partial charge >= 0.3 is 6.09 Å². The van der Waals surface area contributed by atoms with Crippen molar-refractivity contribution in [3.05, 3.63) is 66.5 Å². The van der Waals surface area contributed by atoms with Gasteiger partial charge in [-0.25, -0.2) is 9.36 Å². The molecule has 3 aromatic rings. The van der Waals surface area contributed by atoms with Crippen molar-refractivity contribution < 1.29 is 18.9 Å². The van der Waals surface area contributed by atoms with Gasteiger partial charge < -0.3 is 15.4 Å². The van der Waals surface area contributed by atoms with Gasteiger partial charge in [-0.2, -0.15) is 5.10 Å². The average molecular weight is 437 g/mol. The van der Waals surface area contributed by atoms with Crippen LogP contribution in [0.4, 0.5) is 10.6 Å². The van der Waals surface area contributed by atoms with Gasteiger partial charge in [0.05, 0.1) is 5.69 Å². The molecule has 32 heavy (non-hydrogen) atoms. The van der Waals surface area contributed by atoms with E-state index in [-0.39, 0.29) is 5.91 Å². The van der Waals surface area contributed by atoms with Gasteiger partial charge in [0.1, 0.15) is 24.5 Å². The minimum Gasteiger partial charge on any atom is -0.444 e. The van der Waals surface area contributed by atoms with Crippen molar-refractivity contribution >= 4 is 17.8 Å². The molecule has 3 rings (SSSR count). The van der Waals surface area contributed by atoms with Crippen LogP contribution in [0.3, 0.4) is 0 Å². The Hall–Kier alpha value is -3.68. The number of hydrogen-bond donors (Lipinski definition) is 2. The quantitative estimate of drug-likeness (QED) is 0.582. The van der Waals surface area contributed by atoms with Crippen molar-refractivity contribution in [2.75, 3.05) is 5.32 Å². The van der Waals surface area contributed by atoms with Gasteiger partial charge in [-0.3, -0.25) is 9.48 Å². The third-order valence-electron chi connectivity index (χ3n) is 4.70. The number of aromatic nitrogens is 3. The normalized spacial score (nSPS) is 12.2. The number of hydrogen-bond acceptors (Lipinski definition) is 4. The molecular weight excluding hydrogens is 406 g/mol. The molecule has 0 spiro atoms. The van der Waals surface area contributed by atoms with E-state index in [4.69, 9.17) is 4.74 Å². The van der Waals surface area contributed by atoms with Crippen LogP contribution in [-0.4, -0.2) is 33.4 Å². The third kappa shape index (κ3) is 6.41. The molecule has 2 N–H and O–H groups in total. The summed E-state index contributed by atoms with van der Waals surface area (Å²) in [6.45, 7) is 5.33. The molecule has 0 bridgehead atoms. The maximum atomic E-state index is 13.1. The molecule has 0 fully saturated rings. The van der Waals surface area contributed by atoms with Crippen molar-refractivity contribution in [2.45, 2.75) is 38.8 Å². The van der Waals surface area contributed by atoms with Crippen LogP contribution in [0.5, 0.6) is 0 Å².